The maximum Gasteiger partial charge on any atom is 0.256 e. The lowest BCUT2D eigenvalue weighted by atomic mass is 10.4. The number of nitrogens with zero attached hydrogens (tertiary/aromatic N) is 1. The molecule has 0 bridgehead atoms. The molecule has 0 amide bonds. The van der Waals surface area contributed by atoms with Gasteiger partial charge in [0.2, 0.25) is 12.2 Å². The summed E-state index contributed by atoms with van der Waals surface area (Å²) in [6.45, 7) is 1.06. The maximum absolute atomic E-state index is 12.8. The van der Waals surface area contributed by atoms with Crippen molar-refractivity contribution in [2.45, 2.75) is 13.3 Å². The third-order valence-electron chi connectivity index (χ3n) is 1.23. The van der Waals surface area contributed by atoms with E-state index < -0.39 is 23.9 Å². The van der Waals surface area contributed by atoms with E-state index in [1.54, 1.807) is 0 Å². The monoisotopic (exact) mass is 190 g/mol. The number of halogens is 2. The van der Waals surface area contributed by atoms with Crippen LogP contribution < -0.4 is 10.5 Å². The van der Waals surface area contributed by atoms with Gasteiger partial charge in [-0.15, -0.1) is 0 Å². The number of hydrogen-bond donors (Lipinski definition) is 2. The SMILES string of the molecule is CC(F)Oc1nc(O)c(N)cc1F. The van der Waals surface area contributed by atoms with Crippen molar-refractivity contribution in [3.63, 3.8) is 0 Å². The van der Waals surface area contributed by atoms with Crippen LogP contribution in [0.25, 0.3) is 0 Å². The Labute approximate surface area is 73.0 Å². The van der Waals surface area contributed by atoms with Gasteiger partial charge in [0.05, 0.1) is 5.69 Å². The highest BCUT2D eigenvalue weighted by molar-refractivity contribution is 5.48. The largest absolute Gasteiger partial charge is 0.492 e. The number of aromatic nitrogens is 1. The molecule has 0 aliphatic heterocycles. The molecule has 0 saturated heterocycles. The molecule has 4 nitrogen and oxygen atoms in total. The van der Waals surface area contributed by atoms with Gasteiger partial charge >= 0.3 is 0 Å². The van der Waals surface area contributed by atoms with Crippen LogP contribution in [0.15, 0.2) is 6.07 Å². The predicted molar refractivity (Wildman–Crippen MR) is 41.5 cm³/mol. The highest BCUT2D eigenvalue weighted by Crippen LogP contribution is 2.24. The number of pyridine rings is 1. The first kappa shape index (κ1) is 9.50. The molecule has 0 fully saturated rings. The molecule has 1 aromatic rings. The Hall–Kier alpha value is -1.59. The number of anilines is 1. The lowest BCUT2D eigenvalue weighted by molar-refractivity contribution is 0.0754. The van der Waals surface area contributed by atoms with E-state index in [1.165, 1.54) is 0 Å². The Morgan fingerprint density at radius 2 is 2.31 bits per heavy atom. The fourth-order valence-corrected chi connectivity index (χ4v) is 0.713. The van der Waals surface area contributed by atoms with Gasteiger partial charge in [0.15, 0.2) is 5.82 Å². The zero-order valence-corrected chi connectivity index (χ0v) is 6.79. The molecular weight excluding hydrogens is 182 g/mol. The number of rotatable bonds is 2. The minimum Gasteiger partial charge on any atom is -0.492 e. The fraction of sp³-hybridized carbons (Fsp3) is 0.286. The van der Waals surface area contributed by atoms with Crippen molar-refractivity contribution in [1.82, 2.24) is 4.98 Å². The molecular formula is C7H8F2N2O2. The predicted octanol–water partition coefficient (Wildman–Crippen LogP) is 1.20. The zero-order chi connectivity index (χ0) is 10.0. The van der Waals surface area contributed by atoms with Crippen LogP contribution in [-0.2, 0) is 0 Å². The molecule has 1 heterocycles. The Bertz CT molecular complexity index is 318. The quantitative estimate of drug-likeness (QED) is 0.735. The molecule has 0 radical (unpaired) electrons. The van der Waals surface area contributed by atoms with E-state index in [-0.39, 0.29) is 5.69 Å². The van der Waals surface area contributed by atoms with Crippen LogP contribution in [0, 0.1) is 5.82 Å². The van der Waals surface area contributed by atoms with E-state index in [0.717, 1.165) is 13.0 Å². The smallest absolute Gasteiger partial charge is 0.256 e. The summed E-state index contributed by atoms with van der Waals surface area (Å²) in [6.07, 6.45) is -1.70. The van der Waals surface area contributed by atoms with Gasteiger partial charge < -0.3 is 15.6 Å². The lowest BCUT2D eigenvalue weighted by Crippen LogP contribution is -2.07. The summed E-state index contributed by atoms with van der Waals surface area (Å²) in [5.74, 6) is -2.11. The molecule has 1 rings (SSSR count). The molecule has 1 aromatic heterocycles. The van der Waals surface area contributed by atoms with Gasteiger partial charge in [0.25, 0.3) is 5.88 Å². The van der Waals surface area contributed by atoms with E-state index in [2.05, 4.69) is 9.72 Å². The molecule has 0 aliphatic carbocycles. The van der Waals surface area contributed by atoms with Crippen molar-refractivity contribution >= 4 is 5.69 Å². The summed E-state index contributed by atoms with van der Waals surface area (Å²) in [5.41, 5.74) is 4.89. The summed E-state index contributed by atoms with van der Waals surface area (Å²) in [7, 11) is 0. The van der Waals surface area contributed by atoms with Gasteiger partial charge in [-0.25, -0.2) is 8.78 Å². The number of hydrogen-bond acceptors (Lipinski definition) is 4. The Balaban J connectivity index is 3.01. The van der Waals surface area contributed by atoms with Crippen LogP contribution >= 0.6 is 0 Å². The van der Waals surface area contributed by atoms with E-state index in [0.29, 0.717) is 0 Å². The fourth-order valence-electron chi connectivity index (χ4n) is 0.713. The van der Waals surface area contributed by atoms with Gasteiger partial charge in [-0.3, -0.25) is 0 Å². The van der Waals surface area contributed by atoms with Crippen molar-refractivity contribution in [2.75, 3.05) is 5.73 Å². The third-order valence-corrected chi connectivity index (χ3v) is 1.23. The Kier molecular flexibility index (Phi) is 2.50. The van der Waals surface area contributed by atoms with Gasteiger partial charge in [-0.2, -0.15) is 4.98 Å². The number of aromatic hydroxyl groups is 1. The second-order valence-corrected chi connectivity index (χ2v) is 2.35. The highest BCUT2D eigenvalue weighted by atomic mass is 19.1. The molecule has 0 aliphatic rings. The Morgan fingerprint density at radius 1 is 1.69 bits per heavy atom. The second-order valence-electron chi connectivity index (χ2n) is 2.35. The topological polar surface area (TPSA) is 68.4 Å². The summed E-state index contributed by atoms with van der Waals surface area (Å²) in [5, 5.41) is 8.93. The first-order chi connectivity index (χ1) is 6.00. The number of nitrogen functional groups attached to an aromatic ring is 1. The van der Waals surface area contributed by atoms with E-state index in [9.17, 15) is 8.78 Å². The van der Waals surface area contributed by atoms with Crippen molar-refractivity contribution in [3.05, 3.63) is 11.9 Å². The third kappa shape index (κ3) is 2.17. The summed E-state index contributed by atoms with van der Waals surface area (Å²) in [4.78, 5) is 3.21. The second kappa shape index (κ2) is 3.42. The van der Waals surface area contributed by atoms with Crippen LogP contribution in [0.2, 0.25) is 0 Å². The molecule has 3 N–H and O–H groups in total. The van der Waals surface area contributed by atoms with Crippen LogP contribution in [-0.4, -0.2) is 16.4 Å². The summed E-state index contributed by atoms with van der Waals surface area (Å²) >= 11 is 0. The first-order valence-corrected chi connectivity index (χ1v) is 3.46. The number of ether oxygens (including phenoxy) is 1. The molecule has 13 heavy (non-hydrogen) atoms. The van der Waals surface area contributed by atoms with Gasteiger partial charge in [-0.1, -0.05) is 0 Å². The summed E-state index contributed by atoms with van der Waals surface area (Å²) in [6, 6.07) is 0.806. The zero-order valence-electron chi connectivity index (χ0n) is 6.79. The van der Waals surface area contributed by atoms with E-state index in [1.807, 2.05) is 0 Å². The molecule has 0 aromatic carbocycles. The van der Waals surface area contributed by atoms with Crippen LogP contribution in [0.5, 0.6) is 11.8 Å². The van der Waals surface area contributed by atoms with Crippen molar-refractivity contribution in [1.29, 1.82) is 0 Å². The van der Waals surface area contributed by atoms with Crippen molar-refractivity contribution in [2.24, 2.45) is 0 Å². The number of alkyl halides is 1. The summed E-state index contributed by atoms with van der Waals surface area (Å²) < 4.78 is 29.4. The average molecular weight is 190 g/mol. The highest BCUT2D eigenvalue weighted by Gasteiger charge is 2.12. The Morgan fingerprint density at radius 3 is 2.85 bits per heavy atom. The van der Waals surface area contributed by atoms with Gasteiger partial charge in [-0.05, 0) is 0 Å². The molecule has 1 atom stereocenters. The number of nitrogens with two attached hydrogens (primary N) is 1. The first-order valence-electron chi connectivity index (χ1n) is 3.46. The molecule has 0 spiro atoms. The van der Waals surface area contributed by atoms with E-state index in [4.69, 9.17) is 10.8 Å². The minimum atomic E-state index is -1.70. The van der Waals surface area contributed by atoms with Gasteiger partial charge in [0, 0.05) is 13.0 Å². The molecule has 1 unspecified atom stereocenters. The molecule has 72 valence electrons. The van der Waals surface area contributed by atoms with E-state index >= 15 is 0 Å². The van der Waals surface area contributed by atoms with Crippen molar-refractivity contribution in [3.8, 4) is 11.8 Å². The van der Waals surface area contributed by atoms with Crippen molar-refractivity contribution < 1.29 is 18.6 Å². The standard InChI is InChI=1S/C7H8F2N2O2/c1-3(8)13-7-4(9)2-5(10)6(12)11-7/h2-3H,10H2,1H3,(H,11,12). The maximum atomic E-state index is 12.8. The van der Waals surface area contributed by atoms with Gasteiger partial charge in [0.1, 0.15) is 0 Å². The molecule has 6 heteroatoms. The van der Waals surface area contributed by atoms with Crippen LogP contribution in [0.4, 0.5) is 14.5 Å². The average Bonchev–Trinajstić information content (AvgIpc) is 1.99. The lowest BCUT2D eigenvalue weighted by Gasteiger charge is -2.07. The van der Waals surface area contributed by atoms with Crippen LogP contribution in [0.1, 0.15) is 6.92 Å². The minimum absolute atomic E-state index is 0.226. The normalized spacial score (nSPS) is 12.5. The molecule has 0 saturated carbocycles. The van der Waals surface area contributed by atoms with Crippen LogP contribution in [0.3, 0.4) is 0 Å².